The number of anilines is 1. The van der Waals surface area contributed by atoms with E-state index in [1.165, 1.54) is 11.3 Å². The lowest BCUT2D eigenvalue weighted by molar-refractivity contribution is -0.142. The molecule has 0 aliphatic carbocycles. The molecule has 0 unspecified atom stereocenters. The molecular weight excluding hydrogens is 228 g/mol. The molecular formula is C10H14N2O3S. The largest absolute Gasteiger partial charge is 0.466 e. The standard InChI is InChI=1S/C10H14N2O3S/c1-2-15-9(13)5-6-11-10(14)12-8-4-3-7-16-8/h3-4,7H,2,5-6H2,1H3,(H2,11,12,14). The van der Waals surface area contributed by atoms with Gasteiger partial charge in [-0.2, -0.15) is 0 Å². The molecule has 0 atom stereocenters. The number of nitrogens with one attached hydrogen (secondary N) is 2. The minimum Gasteiger partial charge on any atom is -0.466 e. The van der Waals surface area contributed by atoms with Crippen molar-refractivity contribution in [2.24, 2.45) is 0 Å². The summed E-state index contributed by atoms with van der Waals surface area (Å²) in [4.78, 5) is 22.2. The number of rotatable bonds is 5. The van der Waals surface area contributed by atoms with Gasteiger partial charge in [0.25, 0.3) is 0 Å². The van der Waals surface area contributed by atoms with E-state index in [-0.39, 0.29) is 25.0 Å². The summed E-state index contributed by atoms with van der Waals surface area (Å²) in [6.07, 6.45) is 0.186. The van der Waals surface area contributed by atoms with Crippen LogP contribution in [-0.2, 0) is 9.53 Å². The molecule has 0 saturated carbocycles. The van der Waals surface area contributed by atoms with Crippen LogP contribution in [0.5, 0.6) is 0 Å². The van der Waals surface area contributed by atoms with Crippen LogP contribution in [0.1, 0.15) is 13.3 Å². The fourth-order valence-electron chi connectivity index (χ4n) is 1.02. The summed E-state index contributed by atoms with van der Waals surface area (Å²) in [5, 5.41) is 7.85. The Bertz CT molecular complexity index is 338. The highest BCUT2D eigenvalue weighted by molar-refractivity contribution is 7.14. The molecule has 1 rings (SSSR count). The lowest BCUT2D eigenvalue weighted by Crippen LogP contribution is -2.30. The molecule has 0 radical (unpaired) electrons. The molecule has 2 amide bonds. The van der Waals surface area contributed by atoms with Crippen LogP contribution in [-0.4, -0.2) is 25.2 Å². The molecule has 0 aromatic carbocycles. The van der Waals surface area contributed by atoms with E-state index < -0.39 is 0 Å². The lowest BCUT2D eigenvalue weighted by atomic mass is 10.4. The van der Waals surface area contributed by atoms with Crippen molar-refractivity contribution in [1.82, 2.24) is 5.32 Å². The van der Waals surface area contributed by atoms with Gasteiger partial charge in [-0.3, -0.25) is 10.1 Å². The van der Waals surface area contributed by atoms with Gasteiger partial charge in [-0.1, -0.05) is 0 Å². The number of thiophene rings is 1. The quantitative estimate of drug-likeness (QED) is 0.774. The van der Waals surface area contributed by atoms with Crippen LogP contribution < -0.4 is 10.6 Å². The maximum absolute atomic E-state index is 11.3. The van der Waals surface area contributed by atoms with Crippen LogP contribution in [0.15, 0.2) is 17.5 Å². The molecule has 2 N–H and O–H groups in total. The number of hydrogen-bond acceptors (Lipinski definition) is 4. The summed E-state index contributed by atoms with van der Waals surface area (Å²) in [6.45, 7) is 2.38. The third-order valence-corrected chi connectivity index (χ3v) is 2.46. The van der Waals surface area contributed by atoms with E-state index in [9.17, 15) is 9.59 Å². The van der Waals surface area contributed by atoms with Crippen molar-refractivity contribution in [3.63, 3.8) is 0 Å². The second-order valence-corrected chi connectivity index (χ2v) is 3.86. The highest BCUT2D eigenvalue weighted by Gasteiger charge is 2.04. The molecule has 88 valence electrons. The second-order valence-electron chi connectivity index (χ2n) is 2.91. The summed E-state index contributed by atoms with van der Waals surface area (Å²) in [5.41, 5.74) is 0. The fraction of sp³-hybridized carbons (Fsp3) is 0.400. The van der Waals surface area contributed by atoms with E-state index in [1.54, 1.807) is 13.0 Å². The van der Waals surface area contributed by atoms with E-state index in [0.29, 0.717) is 6.61 Å². The van der Waals surface area contributed by atoms with Gasteiger partial charge in [-0.25, -0.2) is 4.79 Å². The Balaban J connectivity index is 2.13. The highest BCUT2D eigenvalue weighted by Crippen LogP contribution is 2.14. The summed E-state index contributed by atoms with van der Waals surface area (Å²) >= 11 is 1.44. The van der Waals surface area contributed by atoms with Crippen LogP contribution in [0.2, 0.25) is 0 Å². The lowest BCUT2D eigenvalue weighted by Gasteiger charge is -2.05. The minimum absolute atomic E-state index is 0.186. The maximum atomic E-state index is 11.3. The summed E-state index contributed by atoms with van der Waals surface area (Å²) in [5.74, 6) is -0.307. The zero-order valence-electron chi connectivity index (χ0n) is 8.99. The van der Waals surface area contributed by atoms with Crippen LogP contribution >= 0.6 is 11.3 Å². The molecule has 5 nitrogen and oxygen atoms in total. The van der Waals surface area contributed by atoms with Crippen LogP contribution in [0.3, 0.4) is 0 Å². The van der Waals surface area contributed by atoms with Gasteiger partial charge in [0, 0.05) is 6.54 Å². The first kappa shape index (κ1) is 12.5. The molecule has 0 saturated heterocycles. The molecule has 0 aliphatic heterocycles. The predicted molar refractivity (Wildman–Crippen MR) is 62.6 cm³/mol. The molecule has 6 heteroatoms. The van der Waals surface area contributed by atoms with Crippen molar-refractivity contribution in [2.75, 3.05) is 18.5 Å². The summed E-state index contributed by atoms with van der Waals surface area (Å²) in [6, 6.07) is 3.33. The third kappa shape index (κ3) is 4.79. The van der Waals surface area contributed by atoms with E-state index >= 15 is 0 Å². The van der Waals surface area contributed by atoms with Gasteiger partial charge in [0.15, 0.2) is 0 Å². The average Bonchev–Trinajstić information content (AvgIpc) is 2.70. The summed E-state index contributed by atoms with van der Waals surface area (Å²) < 4.78 is 4.72. The molecule has 0 bridgehead atoms. The molecule has 1 aromatic heterocycles. The van der Waals surface area contributed by atoms with Gasteiger partial charge in [0.05, 0.1) is 18.0 Å². The molecule has 0 aliphatic rings. The Morgan fingerprint density at radius 3 is 2.94 bits per heavy atom. The van der Waals surface area contributed by atoms with Crippen molar-refractivity contribution in [3.05, 3.63) is 17.5 Å². The molecule has 16 heavy (non-hydrogen) atoms. The maximum Gasteiger partial charge on any atom is 0.319 e. The molecule has 1 heterocycles. The number of amides is 2. The molecule has 1 aromatic rings. The Labute approximate surface area is 97.8 Å². The normalized spacial score (nSPS) is 9.56. The van der Waals surface area contributed by atoms with Crippen molar-refractivity contribution in [2.45, 2.75) is 13.3 Å². The van der Waals surface area contributed by atoms with Crippen LogP contribution in [0, 0.1) is 0 Å². The Morgan fingerprint density at radius 1 is 1.50 bits per heavy atom. The van der Waals surface area contributed by atoms with Crippen LogP contribution in [0.4, 0.5) is 9.80 Å². The van der Waals surface area contributed by atoms with Crippen molar-refractivity contribution in [3.8, 4) is 0 Å². The van der Waals surface area contributed by atoms with E-state index in [0.717, 1.165) is 5.00 Å². The number of esters is 1. The number of hydrogen-bond donors (Lipinski definition) is 2. The van der Waals surface area contributed by atoms with Gasteiger partial charge in [-0.05, 0) is 24.4 Å². The topological polar surface area (TPSA) is 67.4 Å². The Kier molecular flexibility index (Phi) is 5.35. The fourth-order valence-corrected chi connectivity index (χ4v) is 1.63. The Morgan fingerprint density at radius 2 is 2.31 bits per heavy atom. The molecule has 0 spiro atoms. The zero-order chi connectivity index (χ0) is 11.8. The number of urea groups is 1. The van der Waals surface area contributed by atoms with Gasteiger partial charge in [0.2, 0.25) is 0 Å². The van der Waals surface area contributed by atoms with E-state index in [1.807, 2.05) is 11.4 Å². The highest BCUT2D eigenvalue weighted by atomic mass is 32.1. The average molecular weight is 242 g/mol. The van der Waals surface area contributed by atoms with E-state index in [2.05, 4.69) is 10.6 Å². The monoisotopic (exact) mass is 242 g/mol. The van der Waals surface area contributed by atoms with Gasteiger partial charge >= 0.3 is 12.0 Å². The number of carbonyl (C=O) groups is 2. The van der Waals surface area contributed by atoms with Gasteiger partial charge in [0.1, 0.15) is 0 Å². The first-order valence-electron chi connectivity index (χ1n) is 4.96. The number of ether oxygens (including phenoxy) is 1. The first-order valence-corrected chi connectivity index (χ1v) is 5.84. The van der Waals surface area contributed by atoms with Gasteiger partial charge in [-0.15, -0.1) is 11.3 Å². The SMILES string of the molecule is CCOC(=O)CCNC(=O)Nc1cccs1. The van der Waals surface area contributed by atoms with Crippen molar-refractivity contribution >= 4 is 28.3 Å². The smallest absolute Gasteiger partial charge is 0.319 e. The number of carbonyl (C=O) groups excluding carboxylic acids is 2. The van der Waals surface area contributed by atoms with Gasteiger partial charge < -0.3 is 10.1 Å². The second kappa shape index (κ2) is 6.84. The third-order valence-electron chi connectivity index (χ3n) is 1.68. The Hall–Kier alpha value is -1.56. The van der Waals surface area contributed by atoms with E-state index in [4.69, 9.17) is 4.74 Å². The first-order chi connectivity index (χ1) is 7.72. The molecule has 0 fully saturated rings. The zero-order valence-corrected chi connectivity index (χ0v) is 9.80. The van der Waals surface area contributed by atoms with Crippen molar-refractivity contribution < 1.29 is 14.3 Å². The predicted octanol–water partition coefficient (Wildman–Crippen LogP) is 1.82. The van der Waals surface area contributed by atoms with Crippen molar-refractivity contribution in [1.29, 1.82) is 0 Å². The summed E-state index contributed by atoms with van der Waals surface area (Å²) in [7, 11) is 0. The van der Waals surface area contributed by atoms with Crippen LogP contribution in [0.25, 0.3) is 0 Å². The minimum atomic E-state index is -0.313.